The highest BCUT2D eigenvalue weighted by atomic mass is 16.6. The first-order chi connectivity index (χ1) is 10.8. The van der Waals surface area contributed by atoms with Crippen molar-refractivity contribution in [2.75, 3.05) is 11.4 Å². The predicted octanol–water partition coefficient (Wildman–Crippen LogP) is 4.53. The summed E-state index contributed by atoms with van der Waals surface area (Å²) >= 11 is 0. The van der Waals surface area contributed by atoms with Gasteiger partial charge in [-0.25, -0.2) is 4.79 Å². The lowest BCUT2D eigenvalue weighted by molar-refractivity contribution is 0.135. The standard InChI is InChI=1S/C18H22N2O2/c1-2-3-4-5-8-16-13-20(18(21)22-16)15-9-10-17-14(12-15)7-6-11-19-17/h6-7,9-12,16H,2-5,8,13H2,1H3. The number of rotatable bonds is 6. The van der Waals surface area contributed by atoms with E-state index in [1.807, 2.05) is 30.3 Å². The Morgan fingerprint density at radius 1 is 1.27 bits per heavy atom. The fourth-order valence-corrected chi connectivity index (χ4v) is 2.91. The number of carbonyl (C=O) groups is 1. The van der Waals surface area contributed by atoms with E-state index in [2.05, 4.69) is 11.9 Å². The maximum absolute atomic E-state index is 12.1. The van der Waals surface area contributed by atoms with Crippen LogP contribution in [-0.4, -0.2) is 23.7 Å². The molecule has 116 valence electrons. The first-order valence-electron chi connectivity index (χ1n) is 8.11. The van der Waals surface area contributed by atoms with E-state index in [9.17, 15) is 4.79 Å². The van der Waals surface area contributed by atoms with Crippen LogP contribution < -0.4 is 4.90 Å². The quantitative estimate of drug-likeness (QED) is 0.736. The molecule has 0 spiro atoms. The Hall–Kier alpha value is -2.10. The van der Waals surface area contributed by atoms with Crippen LogP contribution in [0.5, 0.6) is 0 Å². The minimum atomic E-state index is -0.233. The summed E-state index contributed by atoms with van der Waals surface area (Å²) in [4.78, 5) is 18.1. The zero-order valence-corrected chi connectivity index (χ0v) is 13.0. The van der Waals surface area contributed by atoms with Gasteiger partial charge in [0.15, 0.2) is 0 Å². The molecule has 2 heterocycles. The zero-order chi connectivity index (χ0) is 15.4. The summed E-state index contributed by atoms with van der Waals surface area (Å²) in [5, 5.41) is 1.04. The topological polar surface area (TPSA) is 42.4 Å². The molecule has 0 N–H and O–H groups in total. The molecule has 1 saturated heterocycles. The van der Waals surface area contributed by atoms with Gasteiger partial charge in [-0.3, -0.25) is 9.88 Å². The van der Waals surface area contributed by atoms with Crippen LogP contribution in [0, 0.1) is 0 Å². The van der Waals surface area contributed by atoms with E-state index >= 15 is 0 Å². The lowest BCUT2D eigenvalue weighted by Crippen LogP contribution is -2.24. The van der Waals surface area contributed by atoms with Crippen LogP contribution in [0.3, 0.4) is 0 Å². The number of fused-ring (bicyclic) bond motifs is 1. The number of hydrogen-bond acceptors (Lipinski definition) is 3. The fourth-order valence-electron chi connectivity index (χ4n) is 2.91. The van der Waals surface area contributed by atoms with Crippen molar-refractivity contribution in [1.82, 2.24) is 4.98 Å². The number of amides is 1. The zero-order valence-electron chi connectivity index (χ0n) is 13.0. The van der Waals surface area contributed by atoms with Gasteiger partial charge in [-0.1, -0.05) is 32.3 Å². The SMILES string of the molecule is CCCCCCC1CN(c2ccc3ncccc3c2)C(=O)O1. The van der Waals surface area contributed by atoms with Gasteiger partial charge in [-0.2, -0.15) is 0 Å². The van der Waals surface area contributed by atoms with Gasteiger partial charge in [0.25, 0.3) is 0 Å². The molecule has 22 heavy (non-hydrogen) atoms. The van der Waals surface area contributed by atoms with Crippen LogP contribution in [0.15, 0.2) is 36.5 Å². The van der Waals surface area contributed by atoms with Gasteiger partial charge in [0, 0.05) is 17.3 Å². The Kier molecular flexibility index (Phi) is 4.56. The van der Waals surface area contributed by atoms with E-state index < -0.39 is 0 Å². The molecule has 1 aromatic heterocycles. The Labute approximate surface area is 131 Å². The molecule has 1 aromatic carbocycles. The third-order valence-corrected chi connectivity index (χ3v) is 4.15. The van der Waals surface area contributed by atoms with Gasteiger partial charge in [0.05, 0.1) is 12.1 Å². The number of benzene rings is 1. The maximum Gasteiger partial charge on any atom is 0.414 e. The summed E-state index contributed by atoms with van der Waals surface area (Å²) in [6.07, 6.45) is 7.34. The maximum atomic E-state index is 12.1. The molecule has 1 unspecified atom stereocenters. The van der Waals surface area contributed by atoms with Crippen molar-refractivity contribution in [2.24, 2.45) is 0 Å². The fraction of sp³-hybridized carbons (Fsp3) is 0.444. The molecule has 4 heteroatoms. The molecule has 1 fully saturated rings. The van der Waals surface area contributed by atoms with Crippen LogP contribution in [0.2, 0.25) is 0 Å². The highest BCUT2D eigenvalue weighted by Crippen LogP contribution is 2.26. The summed E-state index contributed by atoms with van der Waals surface area (Å²) in [6, 6.07) is 9.81. The average Bonchev–Trinajstić information content (AvgIpc) is 2.92. The lowest BCUT2D eigenvalue weighted by atomic mass is 10.1. The average molecular weight is 298 g/mol. The summed E-state index contributed by atoms with van der Waals surface area (Å²) in [6.45, 7) is 2.85. The van der Waals surface area contributed by atoms with Gasteiger partial charge in [-0.05, 0) is 37.1 Å². The van der Waals surface area contributed by atoms with E-state index in [4.69, 9.17) is 4.74 Å². The van der Waals surface area contributed by atoms with Crippen molar-refractivity contribution >= 4 is 22.7 Å². The number of carbonyl (C=O) groups excluding carboxylic acids is 1. The van der Waals surface area contributed by atoms with E-state index in [0.717, 1.165) is 29.4 Å². The minimum Gasteiger partial charge on any atom is -0.444 e. The van der Waals surface area contributed by atoms with E-state index in [0.29, 0.717) is 6.54 Å². The molecule has 0 aliphatic carbocycles. The summed E-state index contributed by atoms with van der Waals surface area (Å²) in [5.41, 5.74) is 1.83. The second-order valence-corrected chi connectivity index (χ2v) is 5.85. The minimum absolute atomic E-state index is 0.0222. The van der Waals surface area contributed by atoms with Gasteiger partial charge in [0.1, 0.15) is 6.10 Å². The number of nitrogens with zero attached hydrogens (tertiary/aromatic N) is 2. The molecule has 1 aliphatic heterocycles. The van der Waals surface area contributed by atoms with Gasteiger partial charge in [-0.15, -0.1) is 0 Å². The van der Waals surface area contributed by atoms with Crippen LogP contribution >= 0.6 is 0 Å². The number of anilines is 1. The first kappa shape index (κ1) is 14.8. The van der Waals surface area contributed by atoms with E-state index in [1.54, 1.807) is 11.1 Å². The summed E-state index contributed by atoms with van der Waals surface area (Å²) in [5.74, 6) is 0. The number of ether oxygens (including phenoxy) is 1. The monoisotopic (exact) mass is 298 g/mol. The van der Waals surface area contributed by atoms with Crippen molar-refractivity contribution in [3.63, 3.8) is 0 Å². The first-order valence-corrected chi connectivity index (χ1v) is 8.11. The smallest absolute Gasteiger partial charge is 0.414 e. The van der Waals surface area contributed by atoms with Crippen LogP contribution in [0.25, 0.3) is 10.9 Å². The van der Waals surface area contributed by atoms with E-state index in [1.165, 1.54) is 19.3 Å². The predicted molar refractivity (Wildman–Crippen MR) is 88.1 cm³/mol. The van der Waals surface area contributed by atoms with Crippen molar-refractivity contribution < 1.29 is 9.53 Å². The van der Waals surface area contributed by atoms with Gasteiger partial charge >= 0.3 is 6.09 Å². The molecular weight excluding hydrogens is 276 g/mol. The molecule has 0 radical (unpaired) electrons. The molecule has 1 aliphatic rings. The normalized spacial score (nSPS) is 18.0. The van der Waals surface area contributed by atoms with Crippen molar-refractivity contribution in [1.29, 1.82) is 0 Å². The highest BCUT2D eigenvalue weighted by Gasteiger charge is 2.31. The Morgan fingerprint density at radius 2 is 2.18 bits per heavy atom. The van der Waals surface area contributed by atoms with E-state index in [-0.39, 0.29) is 12.2 Å². The number of hydrogen-bond donors (Lipinski definition) is 0. The molecule has 4 nitrogen and oxygen atoms in total. The van der Waals surface area contributed by atoms with Crippen molar-refractivity contribution in [3.05, 3.63) is 36.5 Å². The molecule has 1 amide bonds. The number of aromatic nitrogens is 1. The summed E-state index contributed by atoms with van der Waals surface area (Å²) < 4.78 is 5.49. The largest absolute Gasteiger partial charge is 0.444 e. The third kappa shape index (κ3) is 3.21. The van der Waals surface area contributed by atoms with Crippen molar-refractivity contribution in [3.8, 4) is 0 Å². The molecule has 2 aromatic rings. The van der Waals surface area contributed by atoms with Gasteiger partial charge in [0.2, 0.25) is 0 Å². The number of cyclic esters (lactones) is 1. The van der Waals surface area contributed by atoms with Crippen LogP contribution in [-0.2, 0) is 4.74 Å². The molecular formula is C18H22N2O2. The Balaban J connectivity index is 1.67. The van der Waals surface area contributed by atoms with Crippen LogP contribution in [0.1, 0.15) is 39.0 Å². The van der Waals surface area contributed by atoms with Crippen molar-refractivity contribution in [2.45, 2.75) is 45.1 Å². The van der Waals surface area contributed by atoms with Crippen LogP contribution in [0.4, 0.5) is 10.5 Å². The molecule has 1 atom stereocenters. The second-order valence-electron chi connectivity index (χ2n) is 5.85. The molecule has 0 bridgehead atoms. The Morgan fingerprint density at radius 3 is 3.05 bits per heavy atom. The lowest BCUT2D eigenvalue weighted by Gasteiger charge is -2.13. The molecule has 0 saturated carbocycles. The number of pyridine rings is 1. The third-order valence-electron chi connectivity index (χ3n) is 4.15. The summed E-state index contributed by atoms with van der Waals surface area (Å²) in [7, 11) is 0. The highest BCUT2D eigenvalue weighted by molar-refractivity contribution is 5.93. The Bertz CT molecular complexity index is 656. The molecule has 3 rings (SSSR count). The van der Waals surface area contributed by atoms with Gasteiger partial charge < -0.3 is 4.74 Å². The second kappa shape index (κ2) is 6.77. The number of unbranched alkanes of at least 4 members (excludes halogenated alkanes) is 3.